The van der Waals surface area contributed by atoms with E-state index in [-0.39, 0.29) is 35.9 Å². The van der Waals surface area contributed by atoms with Crippen LogP contribution in [0.25, 0.3) is 0 Å². The van der Waals surface area contributed by atoms with E-state index in [1.54, 1.807) is 0 Å². The number of hydrogen-bond acceptors (Lipinski definition) is 4. The Morgan fingerprint density at radius 2 is 1.48 bits per heavy atom. The van der Waals surface area contributed by atoms with Crippen molar-refractivity contribution >= 4 is 17.8 Å². The Labute approximate surface area is 151 Å². The number of nitrogens with two attached hydrogens (primary N) is 1. The van der Waals surface area contributed by atoms with Gasteiger partial charge in [-0.2, -0.15) is 0 Å². The fourth-order valence-electron chi connectivity index (χ4n) is 2.36. The van der Waals surface area contributed by atoms with Crippen LogP contribution >= 0.6 is 0 Å². The highest BCUT2D eigenvalue weighted by Gasteiger charge is 2.27. The molecular formula is C17H35N5O3. The number of carbonyl (C=O) groups is 3. The average Bonchev–Trinajstić information content (AvgIpc) is 2.46. The molecule has 25 heavy (non-hydrogen) atoms. The third kappa shape index (κ3) is 10.6. The molecule has 0 saturated heterocycles. The summed E-state index contributed by atoms with van der Waals surface area (Å²) in [6.45, 7) is 11.9. The minimum atomic E-state index is -0.653. The molecule has 0 aromatic rings. The molecule has 0 aliphatic carbocycles. The number of primary amides is 1. The first-order chi connectivity index (χ1) is 11.5. The molecule has 0 radical (unpaired) electrons. The second kappa shape index (κ2) is 11.7. The highest BCUT2D eigenvalue weighted by atomic mass is 16.2. The molecule has 8 nitrogen and oxygen atoms in total. The van der Waals surface area contributed by atoms with Crippen LogP contribution in [0.3, 0.4) is 0 Å². The highest BCUT2D eigenvalue weighted by Crippen LogP contribution is 2.06. The lowest BCUT2D eigenvalue weighted by atomic mass is 10.0. The number of urea groups is 1. The Bertz CT molecular complexity index is 438. The first-order valence-electron chi connectivity index (χ1n) is 8.94. The summed E-state index contributed by atoms with van der Waals surface area (Å²) < 4.78 is 0. The van der Waals surface area contributed by atoms with Crippen molar-refractivity contribution in [3.05, 3.63) is 0 Å². The van der Waals surface area contributed by atoms with Gasteiger partial charge in [0, 0.05) is 18.6 Å². The van der Waals surface area contributed by atoms with Crippen molar-refractivity contribution in [2.45, 2.75) is 78.6 Å². The molecule has 0 saturated carbocycles. The lowest BCUT2D eigenvalue weighted by Crippen LogP contribution is -2.56. The number of nitrogens with one attached hydrogen (secondary N) is 4. The number of carbonyl (C=O) groups excluding carboxylic acids is 3. The maximum absolute atomic E-state index is 12.6. The molecule has 0 aromatic carbocycles. The van der Waals surface area contributed by atoms with Gasteiger partial charge in [0.15, 0.2) is 0 Å². The smallest absolute Gasteiger partial charge is 0.312 e. The molecule has 0 aromatic heterocycles. The standard InChI is InChI=1S/C17H35N5O3/c1-10(2)14(20-11(3)4)16(24)22-13(15(23)21-12(5)6)8-7-9-19-17(18)25/h10-14,20H,7-9H2,1-6H3,(H,21,23)(H,22,24)(H3,18,19,25)/t13-,14+/m0/s1. The molecule has 0 unspecified atom stereocenters. The minimum absolute atomic E-state index is 0.0228. The molecular weight excluding hydrogens is 322 g/mol. The van der Waals surface area contributed by atoms with Crippen LogP contribution in [0.15, 0.2) is 0 Å². The van der Waals surface area contributed by atoms with Gasteiger partial charge in [-0.25, -0.2) is 4.79 Å². The van der Waals surface area contributed by atoms with Crippen molar-refractivity contribution in [3.63, 3.8) is 0 Å². The minimum Gasteiger partial charge on any atom is -0.352 e. The molecule has 8 heteroatoms. The summed E-state index contributed by atoms with van der Waals surface area (Å²) in [5.41, 5.74) is 5.03. The topological polar surface area (TPSA) is 125 Å². The van der Waals surface area contributed by atoms with Crippen LogP contribution in [0, 0.1) is 5.92 Å². The van der Waals surface area contributed by atoms with Crippen molar-refractivity contribution in [3.8, 4) is 0 Å². The van der Waals surface area contributed by atoms with Gasteiger partial charge in [-0.15, -0.1) is 0 Å². The van der Waals surface area contributed by atoms with Crippen LogP contribution in [0.1, 0.15) is 54.4 Å². The van der Waals surface area contributed by atoms with Gasteiger partial charge in [-0.3, -0.25) is 9.59 Å². The fraction of sp³-hybridized carbons (Fsp3) is 0.824. The summed E-state index contributed by atoms with van der Waals surface area (Å²) in [6, 6.07) is -1.50. The van der Waals surface area contributed by atoms with E-state index in [0.29, 0.717) is 19.4 Å². The normalized spacial score (nSPS) is 13.6. The van der Waals surface area contributed by atoms with E-state index in [2.05, 4.69) is 21.3 Å². The predicted octanol–water partition coefficient (Wildman–Crippen LogP) is 0.467. The van der Waals surface area contributed by atoms with Crippen LogP contribution in [0.4, 0.5) is 4.79 Å². The number of amides is 4. The zero-order valence-corrected chi connectivity index (χ0v) is 16.3. The van der Waals surface area contributed by atoms with Gasteiger partial charge < -0.3 is 27.0 Å². The van der Waals surface area contributed by atoms with E-state index in [0.717, 1.165) is 0 Å². The van der Waals surface area contributed by atoms with E-state index in [9.17, 15) is 14.4 Å². The summed E-state index contributed by atoms with van der Waals surface area (Å²) in [4.78, 5) is 35.7. The van der Waals surface area contributed by atoms with Gasteiger partial charge in [-0.05, 0) is 32.6 Å². The van der Waals surface area contributed by atoms with Gasteiger partial charge in [0.2, 0.25) is 11.8 Å². The van der Waals surface area contributed by atoms with Crippen molar-refractivity contribution in [1.29, 1.82) is 0 Å². The first-order valence-corrected chi connectivity index (χ1v) is 8.94. The second-order valence-corrected chi connectivity index (χ2v) is 7.20. The van der Waals surface area contributed by atoms with Crippen LogP contribution < -0.4 is 27.0 Å². The number of hydrogen-bond donors (Lipinski definition) is 5. The molecule has 0 spiro atoms. The van der Waals surface area contributed by atoms with Gasteiger partial charge in [-0.1, -0.05) is 27.7 Å². The largest absolute Gasteiger partial charge is 0.352 e. The summed E-state index contributed by atoms with van der Waals surface area (Å²) in [5.74, 6) is -0.335. The highest BCUT2D eigenvalue weighted by molar-refractivity contribution is 5.90. The summed E-state index contributed by atoms with van der Waals surface area (Å²) in [7, 11) is 0. The lowest BCUT2D eigenvalue weighted by molar-refractivity contribution is -0.131. The molecule has 0 aliphatic rings. The fourth-order valence-corrected chi connectivity index (χ4v) is 2.36. The Balaban J connectivity index is 4.90. The van der Waals surface area contributed by atoms with E-state index in [1.165, 1.54) is 0 Å². The Hall–Kier alpha value is -1.83. The van der Waals surface area contributed by atoms with Crippen molar-refractivity contribution in [2.24, 2.45) is 11.7 Å². The molecule has 0 fully saturated rings. The van der Waals surface area contributed by atoms with Crippen LogP contribution in [0.5, 0.6) is 0 Å². The Morgan fingerprint density at radius 1 is 0.880 bits per heavy atom. The summed E-state index contributed by atoms with van der Waals surface area (Å²) in [6.07, 6.45) is 0.945. The van der Waals surface area contributed by atoms with E-state index < -0.39 is 12.1 Å². The van der Waals surface area contributed by atoms with Gasteiger partial charge in [0.05, 0.1) is 6.04 Å². The molecule has 2 atom stereocenters. The third-order valence-electron chi connectivity index (χ3n) is 3.49. The van der Waals surface area contributed by atoms with Crippen LogP contribution in [-0.4, -0.2) is 48.6 Å². The molecule has 4 amide bonds. The van der Waals surface area contributed by atoms with E-state index in [4.69, 9.17) is 5.73 Å². The van der Waals surface area contributed by atoms with Crippen LogP contribution in [0.2, 0.25) is 0 Å². The monoisotopic (exact) mass is 357 g/mol. The van der Waals surface area contributed by atoms with Crippen molar-refractivity contribution in [1.82, 2.24) is 21.3 Å². The zero-order valence-electron chi connectivity index (χ0n) is 16.3. The maximum atomic E-state index is 12.6. The molecule has 6 N–H and O–H groups in total. The summed E-state index contributed by atoms with van der Waals surface area (Å²) in [5, 5.41) is 11.4. The van der Waals surface area contributed by atoms with E-state index >= 15 is 0 Å². The third-order valence-corrected chi connectivity index (χ3v) is 3.49. The lowest BCUT2D eigenvalue weighted by Gasteiger charge is -2.27. The molecule has 0 aliphatic heterocycles. The van der Waals surface area contributed by atoms with Gasteiger partial charge in [0.1, 0.15) is 6.04 Å². The molecule has 0 heterocycles. The summed E-state index contributed by atoms with van der Waals surface area (Å²) >= 11 is 0. The first kappa shape index (κ1) is 23.2. The van der Waals surface area contributed by atoms with Crippen molar-refractivity contribution in [2.75, 3.05) is 6.54 Å². The number of rotatable bonds is 11. The zero-order chi connectivity index (χ0) is 19.6. The van der Waals surface area contributed by atoms with Crippen LogP contribution in [-0.2, 0) is 9.59 Å². The Kier molecular flexibility index (Phi) is 10.8. The molecule has 146 valence electrons. The van der Waals surface area contributed by atoms with Gasteiger partial charge >= 0.3 is 6.03 Å². The second-order valence-electron chi connectivity index (χ2n) is 7.20. The van der Waals surface area contributed by atoms with Crippen molar-refractivity contribution < 1.29 is 14.4 Å². The predicted molar refractivity (Wildman–Crippen MR) is 98.9 cm³/mol. The average molecular weight is 357 g/mol. The molecule has 0 bridgehead atoms. The van der Waals surface area contributed by atoms with E-state index in [1.807, 2.05) is 41.5 Å². The quantitative estimate of drug-likeness (QED) is 0.345. The maximum Gasteiger partial charge on any atom is 0.312 e. The molecule has 0 rings (SSSR count). The SMILES string of the molecule is CC(C)NC(=O)[C@H](CCCNC(N)=O)NC(=O)[C@H](NC(C)C)C(C)C. The van der Waals surface area contributed by atoms with Gasteiger partial charge in [0.25, 0.3) is 0 Å². The Morgan fingerprint density at radius 3 is 1.92 bits per heavy atom.